The normalized spacial score (nSPS) is 14.0. The molecule has 1 atom stereocenters. The van der Waals surface area contributed by atoms with Crippen LogP contribution in [-0.4, -0.2) is 9.38 Å². The van der Waals surface area contributed by atoms with Crippen LogP contribution < -0.4 is 11.3 Å². The molecule has 0 spiro atoms. The van der Waals surface area contributed by atoms with Crippen LogP contribution in [0.15, 0.2) is 41.1 Å². The van der Waals surface area contributed by atoms with Gasteiger partial charge in [-0.3, -0.25) is 4.79 Å². The van der Waals surface area contributed by atoms with Crippen LogP contribution >= 0.6 is 22.9 Å². The van der Waals surface area contributed by atoms with Gasteiger partial charge in [0.2, 0.25) is 0 Å². The van der Waals surface area contributed by atoms with Gasteiger partial charge in [-0.1, -0.05) is 42.5 Å². The minimum Gasteiger partial charge on any atom is -0.323 e. The highest BCUT2D eigenvalue weighted by Crippen LogP contribution is 2.24. The fourth-order valence-corrected chi connectivity index (χ4v) is 3.15. The molecule has 0 fully saturated rings. The first kappa shape index (κ1) is 15.7. The molecule has 2 heterocycles. The van der Waals surface area contributed by atoms with Crippen LogP contribution in [0.25, 0.3) is 10.5 Å². The number of allylic oxidation sites excluding steroid dienone is 5. The molecule has 0 saturated carbocycles. The van der Waals surface area contributed by atoms with Crippen LogP contribution in [0.4, 0.5) is 0 Å². The van der Waals surface area contributed by atoms with Gasteiger partial charge >= 0.3 is 0 Å². The molecule has 6 heteroatoms. The second-order valence-electron chi connectivity index (χ2n) is 4.50. The Morgan fingerprint density at radius 1 is 1.62 bits per heavy atom. The molecular formula is C15H16ClN3OS. The third-order valence-corrected chi connectivity index (χ3v) is 4.15. The van der Waals surface area contributed by atoms with Crippen LogP contribution in [0.1, 0.15) is 31.1 Å². The third-order valence-electron chi connectivity index (χ3n) is 2.92. The van der Waals surface area contributed by atoms with E-state index in [1.807, 2.05) is 19.1 Å². The maximum atomic E-state index is 12.8. The first-order valence-corrected chi connectivity index (χ1v) is 7.68. The quantitative estimate of drug-likeness (QED) is 0.876. The molecule has 0 bridgehead atoms. The Kier molecular flexibility index (Phi) is 4.77. The first-order chi connectivity index (χ1) is 10.0. The lowest BCUT2D eigenvalue weighted by Crippen LogP contribution is -2.24. The van der Waals surface area contributed by atoms with Crippen LogP contribution in [0.2, 0.25) is 5.15 Å². The summed E-state index contributed by atoms with van der Waals surface area (Å²) in [6, 6.07) is -0.364. The predicted octanol–water partition coefficient (Wildman–Crippen LogP) is 3.57. The highest BCUT2D eigenvalue weighted by molar-refractivity contribution is 7.15. The molecule has 4 nitrogen and oxygen atoms in total. The number of fused-ring (bicyclic) bond motifs is 1. The molecular weight excluding hydrogens is 306 g/mol. The minimum absolute atomic E-state index is 0.218. The van der Waals surface area contributed by atoms with E-state index < -0.39 is 0 Å². The highest BCUT2D eigenvalue weighted by atomic mass is 35.5. The van der Waals surface area contributed by atoms with Crippen LogP contribution in [0.5, 0.6) is 0 Å². The standard InChI is InChI=1S/C15H16ClN3OS/c1-4-6-10(7-5-2)12-13(9(3)17)18-15-19(14(12)20)11(16)8-21-15/h4-9H,1,17H2,2-3H3/b7-5-,10-6+. The maximum Gasteiger partial charge on any atom is 0.267 e. The van der Waals surface area contributed by atoms with E-state index in [0.29, 0.717) is 26.9 Å². The smallest absolute Gasteiger partial charge is 0.267 e. The number of hydrogen-bond donors (Lipinski definition) is 1. The van der Waals surface area contributed by atoms with E-state index in [0.717, 1.165) is 0 Å². The van der Waals surface area contributed by atoms with E-state index >= 15 is 0 Å². The van der Waals surface area contributed by atoms with Gasteiger partial charge in [-0.2, -0.15) is 0 Å². The van der Waals surface area contributed by atoms with Gasteiger partial charge in [0.05, 0.1) is 11.3 Å². The monoisotopic (exact) mass is 321 g/mol. The fraction of sp³-hybridized carbons (Fsp3) is 0.200. The van der Waals surface area contributed by atoms with Gasteiger partial charge in [-0.25, -0.2) is 9.38 Å². The van der Waals surface area contributed by atoms with Gasteiger partial charge in [-0.05, 0) is 19.4 Å². The zero-order valence-corrected chi connectivity index (χ0v) is 13.4. The Balaban J connectivity index is 2.93. The minimum atomic E-state index is -0.364. The van der Waals surface area contributed by atoms with Gasteiger partial charge in [0.1, 0.15) is 5.15 Å². The van der Waals surface area contributed by atoms with Crippen LogP contribution in [-0.2, 0) is 0 Å². The summed E-state index contributed by atoms with van der Waals surface area (Å²) in [7, 11) is 0. The van der Waals surface area contributed by atoms with E-state index in [4.69, 9.17) is 17.3 Å². The molecule has 0 amide bonds. The van der Waals surface area contributed by atoms with Crippen molar-refractivity contribution in [2.45, 2.75) is 19.9 Å². The van der Waals surface area contributed by atoms with Crippen molar-refractivity contribution in [2.75, 3.05) is 0 Å². The van der Waals surface area contributed by atoms with Crippen molar-refractivity contribution in [1.29, 1.82) is 0 Å². The molecule has 21 heavy (non-hydrogen) atoms. The molecule has 0 aromatic carbocycles. The molecule has 110 valence electrons. The van der Waals surface area contributed by atoms with Crippen molar-refractivity contribution < 1.29 is 0 Å². The molecule has 2 rings (SSSR count). The molecule has 0 aliphatic carbocycles. The number of hydrogen-bond acceptors (Lipinski definition) is 4. The van der Waals surface area contributed by atoms with E-state index in [1.165, 1.54) is 15.7 Å². The lowest BCUT2D eigenvalue weighted by atomic mass is 10.0. The molecule has 0 saturated heterocycles. The van der Waals surface area contributed by atoms with Gasteiger partial charge in [0, 0.05) is 11.4 Å². The number of thiazole rings is 1. The summed E-state index contributed by atoms with van der Waals surface area (Å²) < 4.78 is 1.40. The van der Waals surface area contributed by atoms with Gasteiger partial charge < -0.3 is 5.73 Å². The molecule has 0 aliphatic heterocycles. The summed E-state index contributed by atoms with van der Waals surface area (Å²) in [4.78, 5) is 17.9. The van der Waals surface area contributed by atoms with Crippen molar-refractivity contribution in [3.8, 4) is 0 Å². The van der Waals surface area contributed by atoms with Crippen LogP contribution in [0, 0.1) is 0 Å². The largest absolute Gasteiger partial charge is 0.323 e. The lowest BCUT2D eigenvalue weighted by Gasteiger charge is -2.12. The average Bonchev–Trinajstić information content (AvgIpc) is 2.80. The summed E-state index contributed by atoms with van der Waals surface area (Å²) in [6.45, 7) is 7.37. The van der Waals surface area contributed by atoms with Gasteiger partial charge in [0.15, 0.2) is 4.96 Å². The Hall–Kier alpha value is -1.69. The summed E-state index contributed by atoms with van der Waals surface area (Å²) in [5, 5.41) is 2.04. The van der Waals surface area contributed by atoms with Gasteiger partial charge in [-0.15, -0.1) is 11.3 Å². The number of rotatable bonds is 4. The SMILES string of the molecule is C=C/C=C(\C=C/C)c1c(C(C)N)nc2scc(Cl)n2c1=O. The average molecular weight is 322 g/mol. The summed E-state index contributed by atoms with van der Waals surface area (Å²) in [6.07, 6.45) is 7.07. The van der Waals surface area contributed by atoms with Crippen molar-refractivity contribution in [3.63, 3.8) is 0 Å². The third kappa shape index (κ3) is 2.85. The highest BCUT2D eigenvalue weighted by Gasteiger charge is 2.19. The molecule has 2 aromatic heterocycles. The Labute approximate surface area is 131 Å². The Morgan fingerprint density at radius 2 is 2.33 bits per heavy atom. The van der Waals surface area contributed by atoms with E-state index in [9.17, 15) is 4.79 Å². The second-order valence-corrected chi connectivity index (χ2v) is 5.72. The summed E-state index contributed by atoms with van der Waals surface area (Å²) in [5.41, 5.74) is 7.51. The first-order valence-electron chi connectivity index (χ1n) is 6.42. The topological polar surface area (TPSA) is 60.4 Å². The molecule has 0 aliphatic rings. The molecule has 2 aromatic rings. The number of nitrogens with two attached hydrogens (primary N) is 1. The molecule has 0 radical (unpaired) electrons. The fourth-order valence-electron chi connectivity index (χ4n) is 2.07. The number of aromatic nitrogens is 2. The zero-order valence-electron chi connectivity index (χ0n) is 11.8. The molecule has 2 N–H and O–H groups in total. The maximum absolute atomic E-state index is 12.8. The van der Waals surface area contributed by atoms with Crippen molar-refractivity contribution in [1.82, 2.24) is 9.38 Å². The predicted molar refractivity (Wildman–Crippen MR) is 89.9 cm³/mol. The van der Waals surface area contributed by atoms with Crippen molar-refractivity contribution in [3.05, 3.63) is 63.0 Å². The summed E-state index contributed by atoms with van der Waals surface area (Å²) in [5.74, 6) is 0. The lowest BCUT2D eigenvalue weighted by molar-refractivity contribution is 0.772. The van der Waals surface area contributed by atoms with E-state index in [2.05, 4.69) is 11.6 Å². The Morgan fingerprint density at radius 3 is 2.90 bits per heavy atom. The zero-order chi connectivity index (χ0) is 15.6. The number of nitrogens with zero attached hydrogens (tertiary/aromatic N) is 2. The van der Waals surface area contributed by atoms with E-state index in [-0.39, 0.29) is 11.6 Å². The second kappa shape index (κ2) is 6.39. The van der Waals surface area contributed by atoms with Crippen molar-refractivity contribution in [2.24, 2.45) is 5.73 Å². The summed E-state index contributed by atoms with van der Waals surface area (Å²) >= 11 is 7.40. The van der Waals surface area contributed by atoms with E-state index in [1.54, 1.807) is 24.5 Å². The Bertz CT molecular complexity index is 799. The van der Waals surface area contributed by atoms with Gasteiger partial charge in [0.25, 0.3) is 5.56 Å². The van der Waals surface area contributed by atoms with Crippen molar-refractivity contribution >= 4 is 33.5 Å². The number of halogens is 1. The molecule has 1 unspecified atom stereocenters. The van der Waals surface area contributed by atoms with Crippen LogP contribution in [0.3, 0.4) is 0 Å².